The first-order valence-electron chi connectivity index (χ1n) is 7.92. The Bertz CT molecular complexity index is 1170. The van der Waals surface area contributed by atoms with Crippen molar-refractivity contribution in [2.24, 2.45) is 0 Å². The fourth-order valence-corrected chi connectivity index (χ4v) is 2.50. The van der Waals surface area contributed by atoms with E-state index >= 15 is 0 Å². The first-order chi connectivity index (χ1) is 13.8. The average Bonchev–Trinajstić information content (AvgIpc) is 3.05. The van der Waals surface area contributed by atoms with E-state index < -0.39 is 57.1 Å². The van der Waals surface area contributed by atoms with Crippen molar-refractivity contribution in [1.29, 1.82) is 0 Å². The van der Waals surface area contributed by atoms with Crippen molar-refractivity contribution in [1.82, 2.24) is 14.6 Å². The van der Waals surface area contributed by atoms with Crippen LogP contribution >= 0.6 is 0 Å². The van der Waals surface area contributed by atoms with Crippen molar-refractivity contribution in [2.45, 2.75) is 19.0 Å². The van der Waals surface area contributed by atoms with Crippen LogP contribution in [0, 0.1) is 17.0 Å². The number of hydrogen-bond acceptors (Lipinski definition) is 6. The standard InChI is InChI=1S/C16H10F5N5O4/c1-7-4-12(15(17,18)16(19,20)21)25-13(22-7)6-10(24-25)14(28)23-9-5-8(26(29)30)2-3-11(9)27/h2-6,27H,1H3,(H,23,28). The number of halogens is 5. The monoisotopic (exact) mass is 431 g/mol. The molecule has 3 aromatic rings. The summed E-state index contributed by atoms with van der Waals surface area (Å²) in [5, 5.41) is 26.1. The number of aromatic nitrogens is 3. The molecule has 0 radical (unpaired) electrons. The Balaban J connectivity index is 2.04. The number of aryl methyl sites for hydroxylation is 1. The highest BCUT2D eigenvalue weighted by Crippen LogP contribution is 2.43. The molecule has 3 rings (SSSR count). The van der Waals surface area contributed by atoms with Crippen LogP contribution in [0.15, 0.2) is 30.3 Å². The first-order valence-corrected chi connectivity index (χ1v) is 7.92. The summed E-state index contributed by atoms with van der Waals surface area (Å²) < 4.78 is 66.4. The van der Waals surface area contributed by atoms with Crippen LogP contribution in [0.5, 0.6) is 5.75 Å². The van der Waals surface area contributed by atoms with Gasteiger partial charge in [0.1, 0.15) is 11.4 Å². The maximum absolute atomic E-state index is 13.9. The molecule has 0 saturated carbocycles. The number of benzene rings is 1. The summed E-state index contributed by atoms with van der Waals surface area (Å²) in [7, 11) is 0. The van der Waals surface area contributed by atoms with Crippen LogP contribution in [-0.4, -0.2) is 36.7 Å². The summed E-state index contributed by atoms with van der Waals surface area (Å²) in [6.07, 6.45) is -5.92. The van der Waals surface area contributed by atoms with E-state index in [1.54, 1.807) is 0 Å². The Hall–Kier alpha value is -3.84. The van der Waals surface area contributed by atoms with Crippen molar-refractivity contribution in [3.8, 4) is 5.75 Å². The third-order valence-corrected chi connectivity index (χ3v) is 3.90. The summed E-state index contributed by atoms with van der Waals surface area (Å²) in [4.78, 5) is 26.1. The highest BCUT2D eigenvalue weighted by atomic mass is 19.4. The van der Waals surface area contributed by atoms with Crippen molar-refractivity contribution >= 4 is 22.9 Å². The SMILES string of the molecule is Cc1cc(C(F)(F)C(F)(F)F)n2nc(C(=O)Nc3cc([N+](=O)[O-])ccc3O)cc2n1. The number of phenolic OH excluding ortho intramolecular Hbond substituents is 1. The van der Waals surface area contributed by atoms with E-state index in [0.717, 1.165) is 24.3 Å². The molecule has 0 saturated heterocycles. The van der Waals surface area contributed by atoms with E-state index in [0.29, 0.717) is 6.07 Å². The number of hydrogen-bond donors (Lipinski definition) is 2. The number of carbonyl (C=O) groups is 1. The summed E-state index contributed by atoms with van der Waals surface area (Å²) in [6.45, 7) is 1.18. The zero-order valence-electron chi connectivity index (χ0n) is 14.7. The molecule has 0 unspecified atom stereocenters. The molecule has 0 atom stereocenters. The van der Waals surface area contributed by atoms with E-state index in [2.05, 4.69) is 15.4 Å². The third kappa shape index (κ3) is 3.58. The number of alkyl halides is 5. The van der Waals surface area contributed by atoms with Gasteiger partial charge in [-0.05, 0) is 19.1 Å². The van der Waals surface area contributed by atoms with E-state index in [9.17, 15) is 42.0 Å². The van der Waals surface area contributed by atoms with E-state index in [4.69, 9.17) is 0 Å². The Labute approximate surface area is 162 Å². The number of non-ortho nitro benzene ring substituents is 1. The Kier molecular flexibility index (Phi) is 4.80. The molecular weight excluding hydrogens is 421 g/mol. The maximum atomic E-state index is 13.9. The lowest BCUT2D eigenvalue weighted by Gasteiger charge is -2.20. The predicted molar refractivity (Wildman–Crippen MR) is 90.4 cm³/mol. The molecule has 1 amide bonds. The average molecular weight is 431 g/mol. The van der Waals surface area contributed by atoms with Crippen LogP contribution in [0.1, 0.15) is 21.9 Å². The molecule has 9 nitrogen and oxygen atoms in total. The number of carbonyl (C=O) groups excluding carboxylic acids is 1. The Morgan fingerprint density at radius 2 is 1.87 bits per heavy atom. The molecule has 0 spiro atoms. The predicted octanol–water partition coefficient (Wildman–Crippen LogP) is 3.56. The lowest BCUT2D eigenvalue weighted by molar-refractivity contribution is -0.384. The topological polar surface area (TPSA) is 123 Å². The Morgan fingerprint density at radius 1 is 1.20 bits per heavy atom. The van der Waals surface area contributed by atoms with Gasteiger partial charge in [-0.3, -0.25) is 14.9 Å². The van der Waals surface area contributed by atoms with Crippen molar-refractivity contribution in [3.63, 3.8) is 0 Å². The van der Waals surface area contributed by atoms with Crippen LogP contribution in [0.3, 0.4) is 0 Å². The molecule has 0 aliphatic carbocycles. The summed E-state index contributed by atoms with van der Waals surface area (Å²) >= 11 is 0. The number of nitrogens with zero attached hydrogens (tertiary/aromatic N) is 4. The lowest BCUT2D eigenvalue weighted by Crippen LogP contribution is -2.36. The van der Waals surface area contributed by atoms with Crippen LogP contribution in [-0.2, 0) is 5.92 Å². The molecule has 14 heteroatoms. The fourth-order valence-electron chi connectivity index (χ4n) is 2.50. The van der Waals surface area contributed by atoms with Gasteiger partial charge < -0.3 is 10.4 Å². The van der Waals surface area contributed by atoms with E-state index in [-0.39, 0.29) is 10.2 Å². The molecule has 2 aromatic heterocycles. The van der Waals surface area contributed by atoms with Gasteiger partial charge in [0.15, 0.2) is 11.3 Å². The van der Waals surface area contributed by atoms with Crippen LogP contribution in [0.4, 0.5) is 33.3 Å². The van der Waals surface area contributed by atoms with Gasteiger partial charge in [0.2, 0.25) is 0 Å². The van der Waals surface area contributed by atoms with Gasteiger partial charge in [-0.1, -0.05) is 0 Å². The van der Waals surface area contributed by atoms with Crippen LogP contribution in [0.2, 0.25) is 0 Å². The van der Waals surface area contributed by atoms with Gasteiger partial charge in [-0.25, -0.2) is 9.50 Å². The van der Waals surface area contributed by atoms with Gasteiger partial charge in [-0.15, -0.1) is 0 Å². The van der Waals surface area contributed by atoms with Crippen molar-refractivity contribution in [2.75, 3.05) is 5.32 Å². The second-order valence-corrected chi connectivity index (χ2v) is 6.07. The summed E-state index contributed by atoms with van der Waals surface area (Å²) in [5.41, 5.74) is -3.65. The van der Waals surface area contributed by atoms with Crippen LogP contribution in [0.25, 0.3) is 5.65 Å². The van der Waals surface area contributed by atoms with Crippen LogP contribution < -0.4 is 5.32 Å². The normalized spacial score (nSPS) is 12.2. The highest BCUT2D eigenvalue weighted by molar-refractivity contribution is 6.04. The minimum Gasteiger partial charge on any atom is -0.506 e. The summed E-state index contributed by atoms with van der Waals surface area (Å²) in [6, 6.07) is 4.07. The number of nitro groups is 1. The largest absolute Gasteiger partial charge is 0.506 e. The van der Waals surface area contributed by atoms with Gasteiger partial charge in [0.05, 0.1) is 10.6 Å². The number of amides is 1. The number of fused-ring (bicyclic) bond motifs is 1. The first kappa shape index (κ1) is 20.9. The highest BCUT2D eigenvalue weighted by Gasteiger charge is 2.60. The molecule has 30 heavy (non-hydrogen) atoms. The molecule has 0 bridgehead atoms. The second kappa shape index (κ2) is 6.89. The maximum Gasteiger partial charge on any atom is 0.459 e. The molecule has 0 aliphatic rings. The van der Waals surface area contributed by atoms with Gasteiger partial charge in [0.25, 0.3) is 11.6 Å². The van der Waals surface area contributed by atoms with Crippen molar-refractivity contribution in [3.05, 3.63) is 57.5 Å². The number of anilines is 1. The minimum absolute atomic E-state index is 0.176. The molecule has 2 heterocycles. The van der Waals surface area contributed by atoms with Gasteiger partial charge in [-0.2, -0.15) is 27.1 Å². The summed E-state index contributed by atoms with van der Waals surface area (Å²) in [5.74, 6) is -6.96. The molecule has 0 fully saturated rings. The van der Waals surface area contributed by atoms with Crippen molar-refractivity contribution < 1.29 is 36.8 Å². The zero-order valence-corrected chi connectivity index (χ0v) is 14.7. The molecule has 158 valence electrons. The smallest absolute Gasteiger partial charge is 0.459 e. The molecule has 0 aliphatic heterocycles. The third-order valence-electron chi connectivity index (χ3n) is 3.90. The molecule has 1 aromatic carbocycles. The lowest BCUT2D eigenvalue weighted by atomic mass is 10.2. The van der Waals surface area contributed by atoms with E-state index in [1.807, 2.05) is 0 Å². The number of phenols is 1. The molecule has 2 N–H and O–H groups in total. The zero-order chi connectivity index (χ0) is 22.4. The van der Waals surface area contributed by atoms with E-state index in [1.165, 1.54) is 6.92 Å². The molecular formula is C16H10F5N5O4. The fraction of sp³-hybridized carbons (Fsp3) is 0.188. The number of aromatic hydroxyl groups is 1. The number of nitrogens with one attached hydrogen (secondary N) is 1. The second-order valence-electron chi connectivity index (χ2n) is 6.07. The van der Waals surface area contributed by atoms with Gasteiger partial charge >= 0.3 is 12.1 Å². The number of nitro benzene ring substituents is 1. The minimum atomic E-state index is -5.92. The number of rotatable bonds is 4. The Morgan fingerprint density at radius 3 is 2.47 bits per heavy atom. The van der Waals surface area contributed by atoms with Gasteiger partial charge in [0, 0.05) is 23.9 Å². The quantitative estimate of drug-likeness (QED) is 0.282.